The minimum absolute atomic E-state index is 0.0264. The van der Waals surface area contributed by atoms with E-state index in [0.29, 0.717) is 42.7 Å². The first-order valence-electron chi connectivity index (χ1n) is 9.27. The van der Waals surface area contributed by atoms with Crippen LogP contribution < -0.4 is 15.4 Å². The van der Waals surface area contributed by atoms with Crippen LogP contribution in [0.15, 0.2) is 42.6 Å². The fourth-order valence-corrected chi connectivity index (χ4v) is 2.69. The molecule has 0 bridgehead atoms. The number of nitrogens with zero attached hydrogens (tertiary/aromatic N) is 5. The molecule has 0 aliphatic carbocycles. The van der Waals surface area contributed by atoms with Gasteiger partial charge in [0, 0.05) is 37.0 Å². The lowest BCUT2D eigenvalue weighted by molar-refractivity contribution is -0.384. The smallest absolute Gasteiger partial charge is 0.269 e. The van der Waals surface area contributed by atoms with E-state index in [1.54, 1.807) is 31.2 Å². The number of nitro groups is 1. The van der Waals surface area contributed by atoms with Crippen molar-refractivity contribution >= 4 is 17.3 Å². The lowest BCUT2D eigenvalue weighted by Crippen LogP contribution is -2.29. The lowest BCUT2D eigenvalue weighted by atomic mass is 10.2. The summed E-state index contributed by atoms with van der Waals surface area (Å²) in [6, 6.07) is 9.48. The van der Waals surface area contributed by atoms with E-state index >= 15 is 0 Å². The standard InChI is InChI=1S/C19H21N7O4/c1-3-30-18-9-8-17(23-24-18)25-13(2)16(12-22-25)19(27)21-11-10-20-14-4-6-15(7-5-14)26(28)29/h4-9,12,20H,3,10-11H2,1-2H3,(H,21,27). The lowest BCUT2D eigenvalue weighted by Gasteiger charge is -2.08. The van der Waals surface area contributed by atoms with Crippen molar-refractivity contribution in [3.05, 3.63) is 64.0 Å². The summed E-state index contributed by atoms with van der Waals surface area (Å²) in [4.78, 5) is 22.7. The molecule has 0 saturated carbocycles. The van der Waals surface area contributed by atoms with E-state index in [-0.39, 0.29) is 11.6 Å². The second kappa shape index (κ2) is 9.45. The van der Waals surface area contributed by atoms with Crippen LogP contribution in [0.3, 0.4) is 0 Å². The number of aromatic nitrogens is 4. The van der Waals surface area contributed by atoms with Gasteiger partial charge in [-0.3, -0.25) is 14.9 Å². The molecule has 0 unspecified atom stereocenters. The molecule has 0 spiro atoms. The van der Waals surface area contributed by atoms with Crippen molar-refractivity contribution in [2.45, 2.75) is 13.8 Å². The molecule has 11 nitrogen and oxygen atoms in total. The van der Waals surface area contributed by atoms with Gasteiger partial charge in [-0.05, 0) is 32.0 Å². The van der Waals surface area contributed by atoms with Crippen molar-refractivity contribution in [1.29, 1.82) is 0 Å². The second-order valence-electron chi connectivity index (χ2n) is 6.20. The number of ether oxygens (including phenoxy) is 1. The van der Waals surface area contributed by atoms with Crippen molar-refractivity contribution in [1.82, 2.24) is 25.3 Å². The average Bonchev–Trinajstić information content (AvgIpc) is 3.13. The minimum atomic E-state index is -0.453. The number of nitrogens with one attached hydrogen (secondary N) is 2. The Kier molecular flexibility index (Phi) is 6.53. The minimum Gasteiger partial charge on any atom is -0.477 e. The number of rotatable bonds is 9. The van der Waals surface area contributed by atoms with Gasteiger partial charge in [0.2, 0.25) is 5.88 Å². The van der Waals surface area contributed by atoms with E-state index in [2.05, 4.69) is 25.9 Å². The van der Waals surface area contributed by atoms with Crippen molar-refractivity contribution in [2.24, 2.45) is 0 Å². The molecular formula is C19H21N7O4. The third kappa shape index (κ3) is 4.87. The molecule has 0 radical (unpaired) electrons. The van der Waals surface area contributed by atoms with Crippen LogP contribution in [0, 0.1) is 17.0 Å². The maximum Gasteiger partial charge on any atom is 0.269 e. The Morgan fingerprint density at radius 2 is 1.93 bits per heavy atom. The Hall–Kier alpha value is -4.02. The van der Waals surface area contributed by atoms with E-state index in [1.165, 1.54) is 23.0 Å². The number of hydrogen-bond donors (Lipinski definition) is 2. The number of nitro benzene ring substituents is 1. The van der Waals surface area contributed by atoms with Gasteiger partial charge in [-0.15, -0.1) is 10.2 Å². The molecule has 30 heavy (non-hydrogen) atoms. The van der Waals surface area contributed by atoms with Gasteiger partial charge in [0.25, 0.3) is 11.6 Å². The molecule has 1 aromatic carbocycles. The van der Waals surface area contributed by atoms with Crippen LogP contribution in [0.5, 0.6) is 5.88 Å². The van der Waals surface area contributed by atoms with Gasteiger partial charge in [-0.1, -0.05) is 0 Å². The maximum atomic E-state index is 12.5. The Bertz CT molecular complexity index is 1020. The third-order valence-electron chi connectivity index (χ3n) is 4.21. The molecule has 3 aromatic rings. The molecular weight excluding hydrogens is 390 g/mol. The second-order valence-corrected chi connectivity index (χ2v) is 6.20. The van der Waals surface area contributed by atoms with E-state index in [0.717, 1.165) is 5.69 Å². The first-order chi connectivity index (χ1) is 14.5. The summed E-state index contributed by atoms with van der Waals surface area (Å²) in [7, 11) is 0. The molecule has 0 saturated heterocycles. The first-order valence-corrected chi connectivity index (χ1v) is 9.27. The quantitative estimate of drug-likeness (QED) is 0.310. The SMILES string of the molecule is CCOc1ccc(-n2ncc(C(=O)NCCNc3ccc([N+](=O)[O-])cc3)c2C)nn1. The molecule has 2 aromatic heterocycles. The number of anilines is 1. The molecule has 0 atom stereocenters. The summed E-state index contributed by atoms with van der Waals surface area (Å²) < 4.78 is 6.80. The van der Waals surface area contributed by atoms with Crippen LogP contribution in [0.4, 0.5) is 11.4 Å². The van der Waals surface area contributed by atoms with Gasteiger partial charge in [0.1, 0.15) is 0 Å². The molecule has 3 rings (SSSR count). The van der Waals surface area contributed by atoms with Gasteiger partial charge in [0.05, 0.1) is 29.0 Å². The Morgan fingerprint density at radius 1 is 1.17 bits per heavy atom. The van der Waals surface area contributed by atoms with Gasteiger partial charge in [-0.25, -0.2) is 4.68 Å². The van der Waals surface area contributed by atoms with E-state index < -0.39 is 4.92 Å². The highest BCUT2D eigenvalue weighted by Gasteiger charge is 2.15. The molecule has 1 amide bonds. The summed E-state index contributed by atoms with van der Waals surface area (Å²) in [6.07, 6.45) is 1.48. The van der Waals surface area contributed by atoms with Crippen LogP contribution in [0.1, 0.15) is 23.0 Å². The van der Waals surface area contributed by atoms with Crippen molar-refractivity contribution in [3.8, 4) is 11.7 Å². The van der Waals surface area contributed by atoms with Crippen LogP contribution in [-0.4, -0.2) is 50.5 Å². The topological polar surface area (TPSA) is 137 Å². The predicted molar refractivity (Wildman–Crippen MR) is 109 cm³/mol. The normalized spacial score (nSPS) is 10.5. The summed E-state index contributed by atoms with van der Waals surface area (Å²) in [5, 5.41) is 28.8. The Balaban J connectivity index is 1.54. The fraction of sp³-hybridized carbons (Fsp3) is 0.263. The van der Waals surface area contributed by atoms with E-state index in [4.69, 9.17) is 4.74 Å². The maximum absolute atomic E-state index is 12.5. The molecule has 11 heteroatoms. The highest BCUT2D eigenvalue weighted by atomic mass is 16.6. The monoisotopic (exact) mass is 411 g/mol. The fourth-order valence-electron chi connectivity index (χ4n) is 2.69. The summed E-state index contributed by atoms with van der Waals surface area (Å²) in [6.45, 7) is 4.96. The van der Waals surface area contributed by atoms with Gasteiger partial charge in [-0.2, -0.15) is 5.10 Å². The summed E-state index contributed by atoms with van der Waals surface area (Å²) >= 11 is 0. The molecule has 2 heterocycles. The molecule has 0 aliphatic heterocycles. The molecule has 2 N–H and O–H groups in total. The number of amides is 1. The number of carbonyl (C=O) groups is 1. The van der Waals surface area contributed by atoms with Gasteiger partial charge < -0.3 is 15.4 Å². The molecule has 0 aliphatic rings. The number of carbonyl (C=O) groups excluding carboxylic acids is 1. The third-order valence-corrected chi connectivity index (χ3v) is 4.21. The van der Waals surface area contributed by atoms with Crippen molar-refractivity contribution in [2.75, 3.05) is 25.0 Å². The Labute approximate surface area is 172 Å². The average molecular weight is 411 g/mol. The van der Waals surface area contributed by atoms with E-state index in [9.17, 15) is 14.9 Å². The van der Waals surface area contributed by atoms with Gasteiger partial charge >= 0.3 is 0 Å². The van der Waals surface area contributed by atoms with Crippen LogP contribution >= 0.6 is 0 Å². The number of benzene rings is 1. The number of hydrogen-bond acceptors (Lipinski definition) is 8. The van der Waals surface area contributed by atoms with Crippen LogP contribution in [0.25, 0.3) is 5.82 Å². The zero-order valence-corrected chi connectivity index (χ0v) is 16.5. The first kappa shape index (κ1) is 20.7. The highest BCUT2D eigenvalue weighted by molar-refractivity contribution is 5.95. The summed E-state index contributed by atoms with van der Waals surface area (Å²) in [5.41, 5.74) is 1.82. The van der Waals surface area contributed by atoms with Crippen molar-refractivity contribution < 1.29 is 14.5 Å². The molecule has 156 valence electrons. The van der Waals surface area contributed by atoms with E-state index in [1.807, 2.05) is 6.92 Å². The van der Waals surface area contributed by atoms with Crippen molar-refractivity contribution in [3.63, 3.8) is 0 Å². The zero-order valence-electron chi connectivity index (χ0n) is 16.5. The van der Waals surface area contributed by atoms with Crippen LogP contribution in [0.2, 0.25) is 0 Å². The summed E-state index contributed by atoms with van der Waals surface area (Å²) in [5.74, 6) is 0.641. The number of non-ortho nitro benzene ring substituents is 1. The Morgan fingerprint density at radius 3 is 2.57 bits per heavy atom. The highest BCUT2D eigenvalue weighted by Crippen LogP contribution is 2.15. The van der Waals surface area contributed by atoms with Crippen LogP contribution in [-0.2, 0) is 0 Å². The zero-order chi connectivity index (χ0) is 21.5. The van der Waals surface area contributed by atoms with Gasteiger partial charge in [0.15, 0.2) is 5.82 Å². The largest absolute Gasteiger partial charge is 0.477 e. The molecule has 0 fully saturated rings. The predicted octanol–water partition coefficient (Wildman–Crippen LogP) is 2.12.